The van der Waals surface area contributed by atoms with Crippen molar-refractivity contribution < 1.29 is 18.3 Å². The second-order valence-electron chi connectivity index (χ2n) is 3.69. The number of hydrogen-bond acceptors (Lipinski definition) is 4. The summed E-state index contributed by atoms with van der Waals surface area (Å²) in [6.45, 7) is -2.49. The molecule has 0 aliphatic rings. The van der Waals surface area contributed by atoms with Crippen molar-refractivity contribution in [1.29, 1.82) is 0 Å². The van der Waals surface area contributed by atoms with E-state index in [1.165, 1.54) is 7.11 Å². The second-order valence-corrected chi connectivity index (χ2v) is 4.47. The number of alkyl halides is 2. The summed E-state index contributed by atoms with van der Waals surface area (Å²) in [7, 11) is 1.42. The normalized spacial score (nSPS) is 10.5. The lowest BCUT2D eigenvalue weighted by Gasteiger charge is -2.14. The van der Waals surface area contributed by atoms with Gasteiger partial charge in [-0.2, -0.15) is 20.1 Å². The molecule has 2 rings (SSSR count). The maximum absolute atomic E-state index is 12.4. The van der Waals surface area contributed by atoms with Crippen molar-refractivity contribution in [3.05, 3.63) is 40.6 Å². The third-order valence-corrected chi connectivity index (χ3v) is 3.17. The van der Waals surface area contributed by atoms with Crippen molar-refractivity contribution in [2.75, 3.05) is 12.4 Å². The van der Waals surface area contributed by atoms with Gasteiger partial charge in [-0.15, -0.1) is 0 Å². The maximum atomic E-state index is 12.4. The highest BCUT2D eigenvalue weighted by atomic mass is 32.1. The molecule has 0 spiro atoms. The fourth-order valence-corrected chi connectivity index (χ4v) is 2.26. The summed E-state index contributed by atoms with van der Waals surface area (Å²) in [5, 5.41) is 7.01. The Morgan fingerprint density at radius 3 is 2.79 bits per heavy atom. The van der Waals surface area contributed by atoms with Gasteiger partial charge in [0.25, 0.3) is 0 Å². The van der Waals surface area contributed by atoms with Gasteiger partial charge in [0.2, 0.25) is 0 Å². The van der Waals surface area contributed by atoms with Gasteiger partial charge in [-0.05, 0) is 17.5 Å². The van der Waals surface area contributed by atoms with Crippen LogP contribution in [0.15, 0.2) is 35.0 Å². The van der Waals surface area contributed by atoms with E-state index in [0.29, 0.717) is 17.9 Å². The number of methoxy groups -OCH3 is 1. The summed E-state index contributed by atoms with van der Waals surface area (Å²) >= 11 is 1.56. The first-order chi connectivity index (χ1) is 9.20. The third kappa shape index (κ3) is 3.57. The number of ether oxygens (including phenoxy) is 2. The third-order valence-electron chi connectivity index (χ3n) is 2.49. The molecule has 0 radical (unpaired) electrons. The predicted molar refractivity (Wildman–Crippen MR) is 71.3 cm³/mol. The summed E-state index contributed by atoms with van der Waals surface area (Å²) in [6.07, 6.45) is 0. The van der Waals surface area contributed by atoms with Gasteiger partial charge in [0.1, 0.15) is 0 Å². The van der Waals surface area contributed by atoms with Crippen LogP contribution in [0, 0.1) is 0 Å². The molecule has 0 fully saturated rings. The van der Waals surface area contributed by atoms with Crippen LogP contribution in [-0.2, 0) is 6.54 Å². The zero-order valence-corrected chi connectivity index (χ0v) is 11.0. The molecule has 0 aliphatic heterocycles. The number of rotatable bonds is 6. The van der Waals surface area contributed by atoms with Gasteiger partial charge in [0.05, 0.1) is 7.11 Å². The fourth-order valence-electron chi connectivity index (χ4n) is 1.65. The zero-order valence-electron chi connectivity index (χ0n) is 10.2. The highest BCUT2D eigenvalue weighted by molar-refractivity contribution is 7.08. The molecular formula is C13H13F2NO2S. The lowest BCUT2D eigenvalue weighted by Crippen LogP contribution is -2.08. The van der Waals surface area contributed by atoms with Crippen LogP contribution in [0.25, 0.3) is 0 Å². The minimum Gasteiger partial charge on any atom is -0.493 e. The highest BCUT2D eigenvalue weighted by Gasteiger charge is 2.15. The molecule has 19 heavy (non-hydrogen) atoms. The minimum atomic E-state index is -2.88. The standard InChI is InChI=1S/C13H13F2NO2S/c1-17-11-4-2-3-9(12(11)18-13(14)15)7-16-10-5-6-19-8-10/h2-6,8,13,16H,7H2,1H3. The second kappa shape index (κ2) is 6.38. The summed E-state index contributed by atoms with van der Waals surface area (Å²) < 4.78 is 34.4. The molecule has 3 nitrogen and oxygen atoms in total. The molecule has 2 aromatic rings. The summed E-state index contributed by atoms with van der Waals surface area (Å²) in [5.41, 5.74) is 1.56. The minimum absolute atomic E-state index is 0.0720. The van der Waals surface area contributed by atoms with Crippen LogP contribution in [0.4, 0.5) is 14.5 Å². The van der Waals surface area contributed by atoms with Crippen molar-refractivity contribution in [2.45, 2.75) is 13.2 Å². The van der Waals surface area contributed by atoms with Crippen LogP contribution in [0.1, 0.15) is 5.56 Å². The van der Waals surface area contributed by atoms with Gasteiger partial charge in [-0.1, -0.05) is 12.1 Å². The van der Waals surface area contributed by atoms with Gasteiger partial charge in [0.15, 0.2) is 11.5 Å². The molecule has 0 atom stereocenters. The number of anilines is 1. The molecule has 1 N–H and O–H groups in total. The van der Waals surface area contributed by atoms with Crippen molar-refractivity contribution in [2.24, 2.45) is 0 Å². The molecule has 0 bridgehead atoms. The Kier molecular flexibility index (Phi) is 4.57. The Morgan fingerprint density at radius 2 is 2.16 bits per heavy atom. The van der Waals surface area contributed by atoms with E-state index in [9.17, 15) is 8.78 Å². The molecule has 6 heteroatoms. The largest absolute Gasteiger partial charge is 0.493 e. The summed E-state index contributed by atoms with van der Waals surface area (Å²) in [6, 6.07) is 6.96. The van der Waals surface area contributed by atoms with Crippen LogP contribution in [0.5, 0.6) is 11.5 Å². The highest BCUT2D eigenvalue weighted by Crippen LogP contribution is 2.33. The monoisotopic (exact) mass is 285 g/mol. The van der Waals surface area contributed by atoms with E-state index in [1.54, 1.807) is 29.5 Å². The quantitative estimate of drug-likeness (QED) is 0.871. The topological polar surface area (TPSA) is 30.5 Å². The Labute approximate surface area is 113 Å². The molecule has 0 saturated carbocycles. The molecule has 102 valence electrons. The lowest BCUT2D eigenvalue weighted by atomic mass is 10.2. The lowest BCUT2D eigenvalue weighted by molar-refractivity contribution is -0.0517. The summed E-state index contributed by atoms with van der Waals surface area (Å²) in [5.74, 6) is 0.368. The van der Waals surface area contributed by atoms with Gasteiger partial charge in [-0.25, -0.2) is 0 Å². The van der Waals surface area contributed by atoms with E-state index < -0.39 is 6.61 Å². The Morgan fingerprint density at radius 1 is 1.32 bits per heavy atom. The number of thiophene rings is 1. The molecule has 1 heterocycles. The SMILES string of the molecule is COc1cccc(CNc2ccsc2)c1OC(F)F. The average molecular weight is 285 g/mol. The van der Waals surface area contributed by atoms with E-state index in [4.69, 9.17) is 4.74 Å². The average Bonchev–Trinajstić information content (AvgIpc) is 2.90. The van der Waals surface area contributed by atoms with E-state index in [-0.39, 0.29) is 5.75 Å². The van der Waals surface area contributed by atoms with Gasteiger partial charge in [-0.3, -0.25) is 0 Å². The van der Waals surface area contributed by atoms with E-state index in [2.05, 4.69) is 10.1 Å². The molecule has 1 aromatic heterocycles. The Balaban J connectivity index is 2.18. The predicted octanol–water partition coefficient (Wildman–Crippen LogP) is 3.97. The number of halogens is 2. The molecular weight excluding hydrogens is 272 g/mol. The van der Waals surface area contributed by atoms with Crippen molar-refractivity contribution in [1.82, 2.24) is 0 Å². The van der Waals surface area contributed by atoms with Crippen molar-refractivity contribution in [3.8, 4) is 11.5 Å². The van der Waals surface area contributed by atoms with Gasteiger partial charge < -0.3 is 14.8 Å². The van der Waals surface area contributed by atoms with E-state index in [1.807, 2.05) is 16.8 Å². The summed E-state index contributed by atoms with van der Waals surface area (Å²) in [4.78, 5) is 0. The van der Waals surface area contributed by atoms with E-state index in [0.717, 1.165) is 5.69 Å². The first kappa shape index (κ1) is 13.6. The van der Waals surface area contributed by atoms with Crippen LogP contribution in [-0.4, -0.2) is 13.7 Å². The van der Waals surface area contributed by atoms with Crippen LogP contribution in [0.3, 0.4) is 0 Å². The Bertz CT molecular complexity index is 517. The fraction of sp³-hybridized carbons (Fsp3) is 0.231. The number of nitrogens with one attached hydrogen (secondary N) is 1. The molecule has 0 saturated heterocycles. The van der Waals surface area contributed by atoms with Crippen LogP contribution in [0.2, 0.25) is 0 Å². The van der Waals surface area contributed by atoms with Crippen molar-refractivity contribution in [3.63, 3.8) is 0 Å². The molecule has 0 unspecified atom stereocenters. The van der Waals surface area contributed by atoms with Crippen LogP contribution >= 0.6 is 11.3 Å². The van der Waals surface area contributed by atoms with Gasteiger partial charge >= 0.3 is 6.61 Å². The van der Waals surface area contributed by atoms with Crippen molar-refractivity contribution >= 4 is 17.0 Å². The van der Waals surface area contributed by atoms with Crippen LogP contribution < -0.4 is 14.8 Å². The Hall–Kier alpha value is -1.82. The molecule has 1 aromatic carbocycles. The van der Waals surface area contributed by atoms with E-state index >= 15 is 0 Å². The zero-order chi connectivity index (χ0) is 13.7. The number of para-hydroxylation sites is 1. The first-order valence-corrected chi connectivity index (χ1v) is 6.51. The first-order valence-electron chi connectivity index (χ1n) is 5.57. The number of benzene rings is 1. The van der Waals surface area contributed by atoms with Gasteiger partial charge in [0, 0.05) is 23.2 Å². The number of hydrogen-bond donors (Lipinski definition) is 1. The molecule has 0 amide bonds. The maximum Gasteiger partial charge on any atom is 0.387 e. The molecule has 0 aliphatic carbocycles. The smallest absolute Gasteiger partial charge is 0.387 e.